The summed E-state index contributed by atoms with van der Waals surface area (Å²) in [5.74, 6) is -0.301. The maximum Gasteiger partial charge on any atom is 0.236 e. The van der Waals surface area contributed by atoms with Crippen LogP contribution in [0.1, 0.15) is 12.8 Å². The van der Waals surface area contributed by atoms with Gasteiger partial charge in [-0.25, -0.2) is 4.39 Å². The molecule has 0 N–H and O–H groups in total. The highest BCUT2D eigenvalue weighted by atomic mass is 19.1. The Labute approximate surface area is 82.2 Å². The summed E-state index contributed by atoms with van der Waals surface area (Å²) in [5.41, 5.74) is 0. The molecule has 4 nitrogen and oxygen atoms in total. The number of carbonyl (C=O) groups is 1. The molecule has 0 aliphatic carbocycles. The molecule has 1 amide bonds. The molecule has 1 aliphatic rings. The Bertz CT molecular complexity index is 252. The van der Waals surface area contributed by atoms with Crippen LogP contribution in [0.4, 0.5) is 4.39 Å². The molecule has 78 valence electrons. The van der Waals surface area contributed by atoms with E-state index in [4.69, 9.17) is 10.00 Å². The van der Waals surface area contributed by atoms with Crippen molar-refractivity contribution >= 4 is 5.91 Å². The number of methoxy groups -OCH3 is 1. The molecule has 0 radical (unpaired) electrons. The first kappa shape index (κ1) is 10.9. The number of piperidine rings is 1. The summed E-state index contributed by atoms with van der Waals surface area (Å²) in [6, 6.07) is 1.76. The average Bonchev–Trinajstić information content (AvgIpc) is 2.18. The molecular weight excluding hydrogens is 187 g/mol. The second kappa shape index (κ2) is 4.91. The van der Waals surface area contributed by atoms with Gasteiger partial charge in [-0.1, -0.05) is 0 Å². The molecule has 0 bridgehead atoms. The van der Waals surface area contributed by atoms with Gasteiger partial charge in [-0.3, -0.25) is 4.79 Å². The van der Waals surface area contributed by atoms with E-state index in [0.717, 1.165) is 0 Å². The van der Waals surface area contributed by atoms with Crippen LogP contribution in [0.5, 0.6) is 0 Å². The minimum Gasteiger partial charge on any atom is -0.378 e. The van der Waals surface area contributed by atoms with Gasteiger partial charge in [0.1, 0.15) is 12.6 Å². The first-order valence-electron chi connectivity index (χ1n) is 4.50. The Kier molecular flexibility index (Phi) is 3.84. The molecule has 2 atom stereocenters. The van der Waals surface area contributed by atoms with E-state index >= 15 is 0 Å². The van der Waals surface area contributed by atoms with E-state index in [1.165, 1.54) is 12.0 Å². The van der Waals surface area contributed by atoms with Crippen LogP contribution in [0, 0.1) is 11.3 Å². The SMILES string of the molecule is CO[C@@H]1CCN(C(=O)CC#N)C[C@H]1F. The number of hydrogen-bond acceptors (Lipinski definition) is 3. The Balaban J connectivity index is 2.46. The molecule has 0 unspecified atom stereocenters. The predicted molar refractivity (Wildman–Crippen MR) is 47.1 cm³/mol. The van der Waals surface area contributed by atoms with E-state index < -0.39 is 12.3 Å². The number of rotatable bonds is 2. The van der Waals surface area contributed by atoms with Crippen LogP contribution in [0.25, 0.3) is 0 Å². The fourth-order valence-electron chi connectivity index (χ4n) is 1.55. The van der Waals surface area contributed by atoms with Gasteiger partial charge in [0, 0.05) is 13.7 Å². The smallest absolute Gasteiger partial charge is 0.236 e. The van der Waals surface area contributed by atoms with Crippen molar-refractivity contribution in [2.45, 2.75) is 25.1 Å². The lowest BCUT2D eigenvalue weighted by Gasteiger charge is -2.33. The van der Waals surface area contributed by atoms with Crippen molar-refractivity contribution in [1.82, 2.24) is 4.90 Å². The summed E-state index contributed by atoms with van der Waals surface area (Å²) in [6.45, 7) is 0.512. The summed E-state index contributed by atoms with van der Waals surface area (Å²) in [6.07, 6.45) is -1.24. The van der Waals surface area contributed by atoms with Crippen molar-refractivity contribution in [3.05, 3.63) is 0 Å². The van der Waals surface area contributed by atoms with E-state index in [2.05, 4.69) is 0 Å². The van der Waals surface area contributed by atoms with Gasteiger partial charge in [0.2, 0.25) is 5.91 Å². The standard InChI is InChI=1S/C9H13FN2O2/c1-14-8-3-5-12(6-7(8)10)9(13)2-4-11/h7-8H,2-3,5-6H2,1H3/t7-,8-/m1/s1. The topological polar surface area (TPSA) is 53.3 Å². The van der Waals surface area contributed by atoms with Crippen LogP contribution in [-0.4, -0.2) is 43.3 Å². The third kappa shape index (κ3) is 2.42. The van der Waals surface area contributed by atoms with Crippen molar-refractivity contribution in [2.24, 2.45) is 0 Å². The largest absolute Gasteiger partial charge is 0.378 e. The monoisotopic (exact) mass is 200 g/mol. The summed E-state index contributed by atoms with van der Waals surface area (Å²) in [4.78, 5) is 12.6. The van der Waals surface area contributed by atoms with Gasteiger partial charge in [0.05, 0.1) is 18.7 Å². The zero-order valence-electron chi connectivity index (χ0n) is 8.07. The highest BCUT2D eigenvalue weighted by Crippen LogP contribution is 2.17. The highest BCUT2D eigenvalue weighted by molar-refractivity contribution is 5.78. The second-order valence-electron chi connectivity index (χ2n) is 3.25. The lowest BCUT2D eigenvalue weighted by atomic mass is 10.1. The fraction of sp³-hybridized carbons (Fsp3) is 0.778. The van der Waals surface area contributed by atoms with Crippen molar-refractivity contribution in [1.29, 1.82) is 5.26 Å². The molecule has 1 saturated heterocycles. The van der Waals surface area contributed by atoms with Crippen LogP contribution in [0.3, 0.4) is 0 Å². The lowest BCUT2D eigenvalue weighted by Crippen LogP contribution is -2.47. The number of carbonyl (C=O) groups excluding carboxylic acids is 1. The lowest BCUT2D eigenvalue weighted by molar-refractivity contribution is -0.135. The number of likely N-dealkylation sites (tertiary alicyclic amines) is 1. The number of hydrogen-bond donors (Lipinski definition) is 0. The molecule has 14 heavy (non-hydrogen) atoms. The van der Waals surface area contributed by atoms with E-state index in [0.29, 0.717) is 13.0 Å². The van der Waals surface area contributed by atoms with Gasteiger partial charge in [0.15, 0.2) is 0 Å². The normalized spacial score (nSPS) is 27.1. The van der Waals surface area contributed by atoms with Crippen molar-refractivity contribution in [3.8, 4) is 6.07 Å². The zero-order valence-corrected chi connectivity index (χ0v) is 8.07. The minimum atomic E-state index is -1.14. The number of nitrogens with zero attached hydrogens (tertiary/aromatic N) is 2. The fourth-order valence-corrected chi connectivity index (χ4v) is 1.55. The Hall–Kier alpha value is -1.15. The van der Waals surface area contributed by atoms with Gasteiger partial charge in [-0.2, -0.15) is 5.26 Å². The predicted octanol–water partition coefficient (Wildman–Crippen LogP) is 0.485. The van der Waals surface area contributed by atoms with Crippen LogP contribution < -0.4 is 0 Å². The molecule has 0 saturated carbocycles. The Morgan fingerprint density at radius 2 is 2.50 bits per heavy atom. The minimum absolute atomic E-state index is 0.0407. The van der Waals surface area contributed by atoms with E-state index in [-0.39, 0.29) is 18.9 Å². The van der Waals surface area contributed by atoms with E-state index in [1.54, 1.807) is 6.07 Å². The molecule has 0 spiro atoms. The summed E-state index contributed by atoms with van der Waals surface area (Å²) in [7, 11) is 1.46. The third-order valence-corrected chi connectivity index (χ3v) is 2.37. The van der Waals surface area contributed by atoms with Crippen LogP contribution >= 0.6 is 0 Å². The number of amides is 1. The van der Waals surface area contributed by atoms with Crippen LogP contribution in [-0.2, 0) is 9.53 Å². The highest BCUT2D eigenvalue weighted by Gasteiger charge is 2.31. The summed E-state index contributed by atoms with van der Waals surface area (Å²) >= 11 is 0. The molecule has 1 aliphatic heterocycles. The van der Waals surface area contributed by atoms with Gasteiger partial charge >= 0.3 is 0 Å². The number of halogens is 1. The quantitative estimate of drug-likeness (QED) is 0.651. The molecule has 0 aromatic rings. The van der Waals surface area contributed by atoms with Gasteiger partial charge in [-0.05, 0) is 6.42 Å². The van der Waals surface area contributed by atoms with Gasteiger partial charge in [-0.15, -0.1) is 0 Å². The number of alkyl halides is 1. The van der Waals surface area contributed by atoms with Crippen molar-refractivity contribution < 1.29 is 13.9 Å². The molecule has 0 aromatic carbocycles. The van der Waals surface area contributed by atoms with E-state index in [9.17, 15) is 9.18 Å². The molecule has 1 fully saturated rings. The first-order chi connectivity index (χ1) is 6.69. The Morgan fingerprint density at radius 1 is 1.79 bits per heavy atom. The van der Waals surface area contributed by atoms with Crippen molar-refractivity contribution in [2.75, 3.05) is 20.2 Å². The maximum absolute atomic E-state index is 13.3. The zero-order chi connectivity index (χ0) is 10.6. The molecular formula is C9H13FN2O2. The third-order valence-electron chi connectivity index (χ3n) is 2.37. The van der Waals surface area contributed by atoms with Crippen LogP contribution in [0.2, 0.25) is 0 Å². The van der Waals surface area contributed by atoms with Gasteiger partial charge < -0.3 is 9.64 Å². The molecule has 5 heteroatoms. The first-order valence-corrected chi connectivity index (χ1v) is 4.50. The summed E-state index contributed by atoms with van der Waals surface area (Å²) < 4.78 is 18.2. The maximum atomic E-state index is 13.3. The molecule has 1 rings (SSSR count). The molecule has 1 heterocycles. The Morgan fingerprint density at radius 3 is 3.00 bits per heavy atom. The second-order valence-corrected chi connectivity index (χ2v) is 3.25. The van der Waals surface area contributed by atoms with E-state index in [1.807, 2.05) is 0 Å². The summed E-state index contributed by atoms with van der Waals surface area (Å²) in [5, 5.41) is 8.32. The number of ether oxygens (including phenoxy) is 1. The average molecular weight is 200 g/mol. The van der Waals surface area contributed by atoms with Gasteiger partial charge in [0.25, 0.3) is 0 Å². The van der Waals surface area contributed by atoms with Crippen molar-refractivity contribution in [3.63, 3.8) is 0 Å². The number of nitriles is 1. The molecule has 0 aromatic heterocycles. The van der Waals surface area contributed by atoms with Crippen LogP contribution in [0.15, 0.2) is 0 Å².